The molecule has 0 aromatic heterocycles. The molecule has 0 bridgehead atoms. The van der Waals surface area contributed by atoms with Crippen LogP contribution in [0.15, 0.2) is 102 Å². The SMILES string of the molecule is COc1ccccc1SC[C@@H]1C[C@H](c2ccc(CO)cc2)O[C@H](c2ccc(CNC(=O)CCCCCCC(=O)Nc3ccccc3N)cc2)O1. The predicted molar refractivity (Wildman–Crippen MR) is 198 cm³/mol. The summed E-state index contributed by atoms with van der Waals surface area (Å²) in [7, 11) is 1.68. The number of hydrogen-bond acceptors (Lipinski definition) is 8. The van der Waals surface area contributed by atoms with Crippen LogP contribution < -0.4 is 21.1 Å². The van der Waals surface area contributed by atoms with Crippen LogP contribution in [0, 0.1) is 0 Å². The number of thioether (sulfide) groups is 1. The van der Waals surface area contributed by atoms with Gasteiger partial charge in [-0.05, 0) is 53.8 Å². The van der Waals surface area contributed by atoms with Crippen LogP contribution in [0.25, 0.3) is 0 Å². The number of hydrogen-bond donors (Lipinski definition) is 4. The highest BCUT2D eigenvalue weighted by molar-refractivity contribution is 7.99. The number of amides is 2. The summed E-state index contributed by atoms with van der Waals surface area (Å²) in [5, 5.41) is 15.4. The molecule has 4 aromatic carbocycles. The second-order valence-corrected chi connectivity index (χ2v) is 13.4. The number of rotatable bonds is 17. The molecule has 0 spiro atoms. The van der Waals surface area contributed by atoms with Crippen molar-refractivity contribution in [3.05, 3.63) is 119 Å². The van der Waals surface area contributed by atoms with Crippen molar-refractivity contribution in [2.24, 2.45) is 0 Å². The molecule has 10 heteroatoms. The van der Waals surface area contributed by atoms with Gasteiger partial charge < -0.3 is 35.7 Å². The molecule has 4 aromatic rings. The third-order valence-corrected chi connectivity index (χ3v) is 9.83. The van der Waals surface area contributed by atoms with Gasteiger partial charge in [0.1, 0.15) is 5.75 Å². The molecule has 1 heterocycles. The van der Waals surface area contributed by atoms with Crippen molar-refractivity contribution in [2.45, 2.75) is 81.5 Å². The van der Waals surface area contributed by atoms with Gasteiger partial charge in [0.05, 0.1) is 37.3 Å². The maximum atomic E-state index is 12.5. The molecule has 1 saturated heterocycles. The molecule has 0 radical (unpaired) electrons. The summed E-state index contributed by atoms with van der Waals surface area (Å²) < 4.78 is 18.5. The first-order chi connectivity index (χ1) is 24.4. The maximum absolute atomic E-state index is 12.5. The molecule has 3 atom stereocenters. The zero-order chi connectivity index (χ0) is 35.1. The van der Waals surface area contributed by atoms with Gasteiger partial charge in [0.15, 0.2) is 6.29 Å². The Bertz CT molecular complexity index is 1670. The summed E-state index contributed by atoms with van der Waals surface area (Å²) >= 11 is 1.70. The number of nitrogens with two attached hydrogens (primary N) is 1. The first-order valence-corrected chi connectivity index (χ1v) is 18.2. The van der Waals surface area contributed by atoms with Gasteiger partial charge in [-0.2, -0.15) is 0 Å². The normalized spacial score (nSPS) is 17.2. The van der Waals surface area contributed by atoms with Crippen molar-refractivity contribution < 1.29 is 28.9 Å². The van der Waals surface area contributed by atoms with Crippen LogP contribution in [0.4, 0.5) is 11.4 Å². The van der Waals surface area contributed by atoms with Gasteiger partial charge in [-0.15, -0.1) is 11.8 Å². The Labute approximate surface area is 298 Å². The molecule has 0 aliphatic carbocycles. The van der Waals surface area contributed by atoms with E-state index in [1.54, 1.807) is 31.0 Å². The molecule has 0 saturated carbocycles. The summed E-state index contributed by atoms with van der Waals surface area (Å²) in [4.78, 5) is 25.8. The third-order valence-electron chi connectivity index (χ3n) is 8.64. The van der Waals surface area contributed by atoms with E-state index in [9.17, 15) is 14.7 Å². The van der Waals surface area contributed by atoms with Crippen LogP contribution >= 0.6 is 11.8 Å². The van der Waals surface area contributed by atoms with E-state index in [1.807, 2.05) is 78.9 Å². The molecular formula is C40H47N3O6S. The van der Waals surface area contributed by atoms with Crippen molar-refractivity contribution in [3.63, 3.8) is 0 Å². The Morgan fingerprint density at radius 2 is 1.48 bits per heavy atom. The Morgan fingerprint density at radius 3 is 2.20 bits per heavy atom. The van der Waals surface area contributed by atoms with E-state index in [1.165, 1.54) is 0 Å². The molecule has 9 nitrogen and oxygen atoms in total. The van der Waals surface area contributed by atoms with E-state index in [-0.39, 0.29) is 30.6 Å². The van der Waals surface area contributed by atoms with E-state index in [4.69, 9.17) is 19.9 Å². The zero-order valence-electron chi connectivity index (χ0n) is 28.5. The Morgan fingerprint density at radius 1 is 0.820 bits per heavy atom. The second kappa shape index (κ2) is 19.2. The van der Waals surface area contributed by atoms with E-state index >= 15 is 0 Å². The Balaban J connectivity index is 1.07. The Hall–Kier alpha value is -4.35. The summed E-state index contributed by atoms with van der Waals surface area (Å²) in [5.41, 5.74) is 10.9. The summed E-state index contributed by atoms with van der Waals surface area (Å²) in [5.74, 6) is 1.53. The van der Waals surface area contributed by atoms with Crippen molar-refractivity contribution >= 4 is 35.0 Å². The van der Waals surface area contributed by atoms with Crippen LogP contribution in [0.1, 0.15) is 79.6 Å². The molecule has 5 rings (SSSR count). The second-order valence-electron chi connectivity index (χ2n) is 12.4. The first-order valence-electron chi connectivity index (χ1n) is 17.2. The number of para-hydroxylation sites is 3. The van der Waals surface area contributed by atoms with Crippen molar-refractivity contribution in [1.29, 1.82) is 0 Å². The van der Waals surface area contributed by atoms with Crippen molar-refractivity contribution in [2.75, 3.05) is 23.9 Å². The van der Waals surface area contributed by atoms with Gasteiger partial charge in [-0.25, -0.2) is 0 Å². The van der Waals surface area contributed by atoms with Gasteiger partial charge in [-0.1, -0.05) is 85.6 Å². The molecule has 5 N–H and O–H groups in total. The highest BCUT2D eigenvalue weighted by Crippen LogP contribution is 2.40. The van der Waals surface area contributed by atoms with Gasteiger partial charge in [0.2, 0.25) is 11.8 Å². The molecular weight excluding hydrogens is 651 g/mol. The number of carbonyl (C=O) groups is 2. The number of anilines is 2. The molecule has 2 amide bonds. The fraction of sp³-hybridized carbons (Fsp3) is 0.350. The number of ether oxygens (including phenoxy) is 3. The van der Waals surface area contributed by atoms with Crippen molar-refractivity contribution in [3.8, 4) is 5.75 Å². The van der Waals surface area contributed by atoms with Crippen LogP contribution in [0.5, 0.6) is 5.75 Å². The lowest BCUT2D eigenvalue weighted by molar-refractivity contribution is -0.245. The van der Waals surface area contributed by atoms with Crippen molar-refractivity contribution in [1.82, 2.24) is 5.32 Å². The summed E-state index contributed by atoms with van der Waals surface area (Å²) in [6.45, 7) is 0.433. The molecule has 1 aliphatic heterocycles. The predicted octanol–water partition coefficient (Wildman–Crippen LogP) is 7.70. The number of benzene rings is 4. The number of aliphatic hydroxyl groups excluding tert-OH is 1. The fourth-order valence-corrected chi connectivity index (χ4v) is 6.82. The highest BCUT2D eigenvalue weighted by Gasteiger charge is 2.32. The van der Waals surface area contributed by atoms with E-state index in [2.05, 4.69) is 16.7 Å². The van der Waals surface area contributed by atoms with E-state index in [0.29, 0.717) is 37.2 Å². The number of methoxy groups -OCH3 is 1. The molecule has 50 heavy (non-hydrogen) atoms. The Kier molecular flexibility index (Phi) is 14.1. The topological polar surface area (TPSA) is 132 Å². The number of aliphatic hydroxyl groups is 1. The van der Waals surface area contributed by atoms with Gasteiger partial charge in [0, 0.05) is 42.0 Å². The summed E-state index contributed by atoms with van der Waals surface area (Å²) in [6.07, 6.45) is 4.07. The minimum atomic E-state index is -0.555. The van der Waals surface area contributed by atoms with E-state index in [0.717, 1.165) is 64.3 Å². The highest BCUT2D eigenvalue weighted by atomic mass is 32.2. The lowest BCUT2D eigenvalue weighted by atomic mass is 10.0. The van der Waals surface area contributed by atoms with Gasteiger partial charge in [-0.3, -0.25) is 9.59 Å². The number of unbranched alkanes of at least 4 members (excludes halogenated alkanes) is 3. The zero-order valence-corrected chi connectivity index (χ0v) is 29.3. The maximum Gasteiger partial charge on any atom is 0.224 e. The van der Waals surface area contributed by atoms with Gasteiger partial charge >= 0.3 is 0 Å². The quantitative estimate of drug-likeness (QED) is 0.0502. The number of nitrogen functional groups attached to an aromatic ring is 1. The number of carbonyl (C=O) groups excluding carboxylic acids is 2. The largest absolute Gasteiger partial charge is 0.496 e. The van der Waals surface area contributed by atoms with Gasteiger partial charge in [0.25, 0.3) is 0 Å². The minimum Gasteiger partial charge on any atom is -0.496 e. The average Bonchev–Trinajstić information content (AvgIpc) is 3.15. The molecule has 1 fully saturated rings. The summed E-state index contributed by atoms with van der Waals surface area (Å²) in [6, 6.07) is 31.1. The fourth-order valence-electron chi connectivity index (χ4n) is 5.77. The third kappa shape index (κ3) is 11.1. The molecule has 264 valence electrons. The monoisotopic (exact) mass is 697 g/mol. The number of nitrogens with one attached hydrogen (secondary N) is 2. The van der Waals surface area contributed by atoms with Crippen LogP contribution in [0.3, 0.4) is 0 Å². The minimum absolute atomic E-state index is 0.00347. The first kappa shape index (κ1) is 36.9. The standard InChI is InChI=1S/C40H47N3O6S/c1-47-35-12-8-9-13-37(35)50-27-32-24-36(30-20-18-29(26-44)19-21-30)49-40(48-32)31-22-16-28(17-23-31)25-42-38(45)14-4-2-3-5-15-39(46)43-34-11-7-6-10-33(34)41/h6-13,16-23,32,36,40,44H,2-5,14-15,24-27,41H2,1H3,(H,42,45)(H,43,46)/t32-,36+,40+/m0/s1. The van der Waals surface area contributed by atoms with Crippen LogP contribution in [-0.2, 0) is 32.2 Å². The lowest BCUT2D eigenvalue weighted by Crippen LogP contribution is -2.31. The molecule has 1 aliphatic rings. The smallest absolute Gasteiger partial charge is 0.224 e. The van der Waals surface area contributed by atoms with Crippen LogP contribution in [-0.4, -0.2) is 35.9 Å². The lowest BCUT2D eigenvalue weighted by Gasteiger charge is -2.36. The average molecular weight is 698 g/mol. The van der Waals surface area contributed by atoms with Crippen LogP contribution in [0.2, 0.25) is 0 Å². The molecule has 0 unspecified atom stereocenters. The van der Waals surface area contributed by atoms with E-state index < -0.39 is 6.29 Å².